The van der Waals surface area contributed by atoms with Crippen LogP contribution >= 0.6 is 11.6 Å². The highest BCUT2D eigenvalue weighted by Crippen LogP contribution is 2.22. The summed E-state index contributed by atoms with van der Waals surface area (Å²) in [5, 5.41) is 3.58. The van der Waals surface area contributed by atoms with Gasteiger partial charge in [-0.1, -0.05) is 48.0 Å². The average Bonchev–Trinajstić information content (AvgIpc) is 2.97. The Morgan fingerprint density at radius 2 is 1.47 bits per heavy atom. The van der Waals surface area contributed by atoms with E-state index in [9.17, 15) is 9.59 Å². The smallest absolute Gasteiger partial charge is 0.255 e. The number of nitrogens with zero attached hydrogens (tertiary/aromatic N) is 2. The molecule has 0 aromatic heterocycles. The molecule has 1 N–H and O–H groups in total. The number of hydrogen-bond donors (Lipinski definition) is 1. The zero-order valence-corrected chi connectivity index (χ0v) is 21.6. The van der Waals surface area contributed by atoms with Crippen LogP contribution in [0.2, 0.25) is 5.02 Å². The molecule has 5 rings (SSSR count). The largest absolute Gasteiger partial charge is 0.489 e. The van der Waals surface area contributed by atoms with Crippen molar-refractivity contribution in [3.63, 3.8) is 0 Å². The third-order valence-electron chi connectivity index (χ3n) is 6.49. The van der Waals surface area contributed by atoms with Gasteiger partial charge in [-0.05, 0) is 72.3 Å². The predicted molar refractivity (Wildman–Crippen MR) is 151 cm³/mol. The molecule has 1 fully saturated rings. The van der Waals surface area contributed by atoms with Crippen LogP contribution in [0.3, 0.4) is 0 Å². The molecule has 0 bridgehead atoms. The number of anilines is 2. The van der Waals surface area contributed by atoms with Gasteiger partial charge < -0.3 is 19.9 Å². The van der Waals surface area contributed by atoms with Crippen molar-refractivity contribution in [1.82, 2.24) is 4.90 Å². The second-order valence-electron chi connectivity index (χ2n) is 9.09. The Morgan fingerprint density at radius 3 is 2.18 bits per heavy atom. The van der Waals surface area contributed by atoms with Crippen LogP contribution in [0, 0.1) is 0 Å². The molecule has 4 aromatic carbocycles. The number of piperazine rings is 1. The van der Waals surface area contributed by atoms with Gasteiger partial charge in [-0.2, -0.15) is 0 Å². The van der Waals surface area contributed by atoms with E-state index in [2.05, 4.69) is 10.2 Å². The molecule has 2 amide bonds. The van der Waals surface area contributed by atoms with Gasteiger partial charge in [0.2, 0.25) is 0 Å². The van der Waals surface area contributed by atoms with Crippen molar-refractivity contribution < 1.29 is 14.3 Å². The zero-order chi connectivity index (χ0) is 26.3. The van der Waals surface area contributed by atoms with E-state index in [4.69, 9.17) is 16.3 Å². The molecule has 0 spiro atoms. The van der Waals surface area contributed by atoms with E-state index in [-0.39, 0.29) is 11.8 Å². The van der Waals surface area contributed by atoms with Gasteiger partial charge in [0, 0.05) is 53.7 Å². The molecule has 0 aliphatic carbocycles. The Balaban J connectivity index is 1.13. The van der Waals surface area contributed by atoms with Crippen LogP contribution in [0.4, 0.5) is 11.4 Å². The summed E-state index contributed by atoms with van der Waals surface area (Å²) in [6.45, 7) is 3.20. The molecular formula is C31H28ClN3O3. The molecular weight excluding hydrogens is 498 g/mol. The van der Waals surface area contributed by atoms with Crippen LogP contribution in [0.15, 0.2) is 103 Å². The van der Waals surface area contributed by atoms with Gasteiger partial charge in [0.1, 0.15) is 12.4 Å². The maximum atomic E-state index is 12.8. The number of benzene rings is 4. The lowest BCUT2D eigenvalue weighted by atomic mass is 10.1. The number of nitrogens with one attached hydrogen (secondary N) is 1. The standard InChI is InChI=1S/C31H28ClN3O3/c32-26-11-9-24(10-12-26)31(37)35-19-17-34(18-20-35)28-15-13-27(14-16-28)33-30(36)25-7-4-8-29(21-25)38-22-23-5-2-1-3-6-23/h1-16,21H,17-20,22H2,(H,33,36). The predicted octanol–water partition coefficient (Wildman–Crippen LogP) is 6.13. The molecule has 1 heterocycles. The summed E-state index contributed by atoms with van der Waals surface area (Å²) in [6, 6.07) is 31.9. The van der Waals surface area contributed by atoms with E-state index < -0.39 is 0 Å². The summed E-state index contributed by atoms with van der Waals surface area (Å²) in [7, 11) is 0. The third kappa shape index (κ3) is 6.33. The quantitative estimate of drug-likeness (QED) is 0.315. The maximum absolute atomic E-state index is 12.8. The lowest BCUT2D eigenvalue weighted by molar-refractivity contribution is 0.0746. The molecule has 4 aromatic rings. The summed E-state index contributed by atoms with van der Waals surface area (Å²) in [4.78, 5) is 29.7. The van der Waals surface area contributed by atoms with Gasteiger partial charge in [0.25, 0.3) is 11.8 Å². The normalized spacial score (nSPS) is 13.2. The SMILES string of the molecule is O=C(Nc1ccc(N2CCN(C(=O)c3ccc(Cl)cc3)CC2)cc1)c1cccc(OCc2ccccc2)c1. The van der Waals surface area contributed by atoms with Gasteiger partial charge in [0.05, 0.1) is 0 Å². The van der Waals surface area contributed by atoms with Crippen molar-refractivity contribution in [3.05, 3.63) is 125 Å². The van der Waals surface area contributed by atoms with Gasteiger partial charge in [0.15, 0.2) is 0 Å². The van der Waals surface area contributed by atoms with Crippen LogP contribution in [-0.2, 0) is 6.61 Å². The number of carbonyl (C=O) groups excluding carboxylic acids is 2. The fourth-order valence-corrected chi connectivity index (χ4v) is 4.50. The van der Waals surface area contributed by atoms with Gasteiger partial charge in [-0.3, -0.25) is 9.59 Å². The second-order valence-corrected chi connectivity index (χ2v) is 9.53. The van der Waals surface area contributed by atoms with E-state index in [1.54, 1.807) is 36.4 Å². The summed E-state index contributed by atoms with van der Waals surface area (Å²) in [6.07, 6.45) is 0. The fraction of sp³-hybridized carbons (Fsp3) is 0.161. The molecule has 0 radical (unpaired) electrons. The fourth-order valence-electron chi connectivity index (χ4n) is 4.37. The number of rotatable bonds is 7. The molecule has 7 heteroatoms. The van der Waals surface area contributed by atoms with E-state index in [0.29, 0.717) is 47.3 Å². The third-order valence-corrected chi connectivity index (χ3v) is 6.74. The lowest BCUT2D eigenvalue weighted by Crippen LogP contribution is -2.48. The Hall–Kier alpha value is -4.29. The first-order valence-corrected chi connectivity index (χ1v) is 12.9. The molecule has 1 saturated heterocycles. The molecule has 6 nitrogen and oxygen atoms in total. The number of halogens is 1. The summed E-state index contributed by atoms with van der Waals surface area (Å²) in [5.74, 6) is 0.469. The van der Waals surface area contributed by atoms with Crippen molar-refractivity contribution >= 4 is 34.8 Å². The van der Waals surface area contributed by atoms with E-state index >= 15 is 0 Å². The van der Waals surface area contributed by atoms with Gasteiger partial charge in [-0.15, -0.1) is 0 Å². The van der Waals surface area contributed by atoms with Crippen molar-refractivity contribution in [2.45, 2.75) is 6.61 Å². The van der Waals surface area contributed by atoms with Gasteiger partial charge >= 0.3 is 0 Å². The summed E-state index contributed by atoms with van der Waals surface area (Å²) < 4.78 is 5.85. The van der Waals surface area contributed by atoms with E-state index in [1.165, 1.54) is 0 Å². The Bertz CT molecular complexity index is 1380. The van der Waals surface area contributed by atoms with Crippen LogP contribution in [-0.4, -0.2) is 42.9 Å². The minimum absolute atomic E-state index is 0.0221. The van der Waals surface area contributed by atoms with Crippen molar-refractivity contribution in [1.29, 1.82) is 0 Å². The zero-order valence-electron chi connectivity index (χ0n) is 20.8. The number of amides is 2. The summed E-state index contributed by atoms with van der Waals surface area (Å²) in [5.41, 5.74) is 4.01. The molecule has 0 saturated carbocycles. The summed E-state index contributed by atoms with van der Waals surface area (Å²) >= 11 is 5.94. The first kappa shape index (κ1) is 25.4. The highest BCUT2D eigenvalue weighted by Gasteiger charge is 2.22. The molecule has 0 unspecified atom stereocenters. The van der Waals surface area contributed by atoms with Crippen molar-refractivity contribution in [3.8, 4) is 5.75 Å². The average molecular weight is 526 g/mol. The van der Waals surface area contributed by atoms with E-state index in [1.807, 2.05) is 71.6 Å². The monoisotopic (exact) mass is 525 g/mol. The van der Waals surface area contributed by atoms with Crippen LogP contribution < -0.4 is 15.0 Å². The molecule has 38 heavy (non-hydrogen) atoms. The van der Waals surface area contributed by atoms with E-state index in [0.717, 1.165) is 24.3 Å². The Labute approximate surface area is 227 Å². The number of ether oxygens (including phenoxy) is 1. The number of carbonyl (C=O) groups is 2. The molecule has 1 aliphatic heterocycles. The highest BCUT2D eigenvalue weighted by atomic mass is 35.5. The minimum atomic E-state index is -0.197. The minimum Gasteiger partial charge on any atom is -0.489 e. The molecule has 1 aliphatic rings. The second kappa shape index (κ2) is 11.8. The Morgan fingerprint density at radius 1 is 0.763 bits per heavy atom. The lowest BCUT2D eigenvalue weighted by Gasteiger charge is -2.36. The highest BCUT2D eigenvalue weighted by molar-refractivity contribution is 6.30. The van der Waals surface area contributed by atoms with Crippen LogP contribution in [0.25, 0.3) is 0 Å². The maximum Gasteiger partial charge on any atom is 0.255 e. The molecule has 192 valence electrons. The topological polar surface area (TPSA) is 61.9 Å². The van der Waals surface area contributed by atoms with Crippen LogP contribution in [0.1, 0.15) is 26.3 Å². The van der Waals surface area contributed by atoms with Crippen molar-refractivity contribution in [2.75, 3.05) is 36.4 Å². The first-order valence-electron chi connectivity index (χ1n) is 12.5. The van der Waals surface area contributed by atoms with Crippen LogP contribution in [0.5, 0.6) is 5.75 Å². The molecule has 0 atom stereocenters. The Kier molecular flexibility index (Phi) is 7.90. The van der Waals surface area contributed by atoms with Gasteiger partial charge in [-0.25, -0.2) is 0 Å². The first-order chi connectivity index (χ1) is 18.5. The van der Waals surface area contributed by atoms with Crippen molar-refractivity contribution in [2.24, 2.45) is 0 Å². The number of hydrogen-bond acceptors (Lipinski definition) is 4.